The highest BCUT2D eigenvalue weighted by molar-refractivity contribution is 9.09. The second-order valence-electron chi connectivity index (χ2n) is 5.37. The van der Waals surface area contributed by atoms with Crippen molar-refractivity contribution >= 4 is 27.3 Å². The highest BCUT2D eigenvalue weighted by Crippen LogP contribution is 2.41. The van der Waals surface area contributed by atoms with Crippen molar-refractivity contribution in [2.24, 2.45) is 5.92 Å². The molecule has 0 N–H and O–H groups in total. The normalized spacial score (nSPS) is 22.8. The third-order valence-corrected chi connectivity index (χ3v) is 6.31. The van der Waals surface area contributed by atoms with Crippen LogP contribution in [0, 0.1) is 5.92 Å². The molecule has 0 fully saturated rings. The Morgan fingerprint density at radius 3 is 2.89 bits per heavy atom. The summed E-state index contributed by atoms with van der Waals surface area (Å²) >= 11 is 5.86. The third kappa shape index (κ3) is 3.11. The zero-order valence-corrected chi connectivity index (χ0v) is 13.4. The number of alkyl halides is 1. The highest BCUT2D eigenvalue weighted by atomic mass is 79.9. The summed E-state index contributed by atoms with van der Waals surface area (Å²) in [6.07, 6.45) is 6.44. The molecule has 0 saturated carbocycles. The second kappa shape index (κ2) is 6.23. The predicted molar refractivity (Wildman–Crippen MR) is 87.2 cm³/mol. The van der Waals surface area contributed by atoms with E-state index in [2.05, 4.69) is 57.7 Å². The summed E-state index contributed by atoms with van der Waals surface area (Å²) in [4.78, 5) is 2.06. The van der Waals surface area contributed by atoms with Crippen LogP contribution in [-0.2, 0) is 12.8 Å². The largest absolute Gasteiger partial charge is 0.149 e. The average Bonchev–Trinajstić information content (AvgIpc) is 2.90. The third-order valence-electron chi connectivity index (χ3n) is 4.13. The standard InChI is InChI=1S/C17H19BrS/c18-17-14(10-11-15-8-4-12-19-15)7-3-6-13-5-1-2-9-16(13)17/h1-2,4-5,8-9,12,14,17H,3,6-7,10-11H2. The van der Waals surface area contributed by atoms with Gasteiger partial charge in [0.05, 0.1) is 0 Å². The number of thiophene rings is 1. The maximum absolute atomic E-state index is 3.97. The Labute approximate surface area is 128 Å². The minimum atomic E-state index is 0.533. The van der Waals surface area contributed by atoms with E-state index in [0.29, 0.717) is 4.83 Å². The van der Waals surface area contributed by atoms with E-state index in [0.717, 1.165) is 5.92 Å². The van der Waals surface area contributed by atoms with Crippen molar-refractivity contribution in [2.75, 3.05) is 0 Å². The predicted octanol–water partition coefficient (Wildman–Crippen LogP) is 5.77. The minimum Gasteiger partial charge on any atom is -0.149 e. The zero-order chi connectivity index (χ0) is 13.1. The summed E-state index contributed by atoms with van der Waals surface area (Å²) in [5, 5.41) is 2.18. The van der Waals surface area contributed by atoms with Gasteiger partial charge >= 0.3 is 0 Å². The summed E-state index contributed by atoms with van der Waals surface area (Å²) in [5.41, 5.74) is 3.07. The van der Waals surface area contributed by atoms with Gasteiger partial charge in [-0.3, -0.25) is 0 Å². The Hall–Kier alpha value is -0.600. The molecule has 0 bridgehead atoms. The van der Waals surface area contributed by atoms with Gasteiger partial charge in [0.1, 0.15) is 0 Å². The molecule has 1 heterocycles. The molecule has 100 valence electrons. The summed E-state index contributed by atoms with van der Waals surface area (Å²) in [5.74, 6) is 0.769. The molecule has 0 radical (unpaired) electrons. The first-order valence-electron chi connectivity index (χ1n) is 7.09. The van der Waals surface area contributed by atoms with Gasteiger partial charge in [-0.05, 0) is 60.6 Å². The number of hydrogen-bond donors (Lipinski definition) is 0. The van der Waals surface area contributed by atoms with Gasteiger partial charge in [-0.25, -0.2) is 0 Å². The molecule has 2 unspecified atom stereocenters. The highest BCUT2D eigenvalue weighted by Gasteiger charge is 2.25. The minimum absolute atomic E-state index is 0.533. The summed E-state index contributed by atoms with van der Waals surface area (Å²) < 4.78 is 0. The molecule has 0 amide bonds. The van der Waals surface area contributed by atoms with Crippen LogP contribution in [0.1, 0.15) is 40.1 Å². The van der Waals surface area contributed by atoms with Crippen LogP contribution in [0.4, 0.5) is 0 Å². The van der Waals surface area contributed by atoms with Crippen molar-refractivity contribution in [1.82, 2.24) is 0 Å². The lowest BCUT2D eigenvalue weighted by atomic mass is 9.92. The number of fused-ring (bicyclic) bond motifs is 1. The van der Waals surface area contributed by atoms with E-state index in [1.165, 1.54) is 42.5 Å². The molecule has 0 spiro atoms. The zero-order valence-electron chi connectivity index (χ0n) is 11.0. The van der Waals surface area contributed by atoms with E-state index in [9.17, 15) is 0 Å². The lowest BCUT2D eigenvalue weighted by Gasteiger charge is -2.21. The molecule has 1 aromatic heterocycles. The van der Waals surface area contributed by atoms with E-state index in [1.54, 1.807) is 5.56 Å². The molecule has 1 aromatic carbocycles. The summed E-state index contributed by atoms with van der Waals surface area (Å²) in [6.45, 7) is 0. The topological polar surface area (TPSA) is 0 Å². The van der Waals surface area contributed by atoms with E-state index < -0.39 is 0 Å². The van der Waals surface area contributed by atoms with E-state index >= 15 is 0 Å². The fourth-order valence-electron chi connectivity index (χ4n) is 3.06. The lowest BCUT2D eigenvalue weighted by Crippen LogP contribution is -2.08. The SMILES string of the molecule is BrC1c2ccccc2CCCC1CCc1cccs1. The number of benzene rings is 1. The van der Waals surface area contributed by atoms with E-state index in [-0.39, 0.29) is 0 Å². The number of rotatable bonds is 3. The Morgan fingerprint density at radius 1 is 1.16 bits per heavy atom. The van der Waals surface area contributed by atoms with E-state index in [4.69, 9.17) is 0 Å². The van der Waals surface area contributed by atoms with E-state index in [1.807, 2.05) is 11.3 Å². The van der Waals surface area contributed by atoms with Crippen LogP contribution in [0.3, 0.4) is 0 Å². The van der Waals surface area contributed by atoms with Gasteiger partial charge in [-0.2, -0.15) is 0 Å². The number of halogens is 1. The quantitative estimate of drug-likeness (QED) is 0.493. The van der Waals surface area contributed by atoms with Crippen LogP contribution in [0.25, 0.3) is 0 Å². The van der Waals surface area contributed by atoms with Crippen molar-refractivity contribution in [3.8, 4) is 0 Å². The van der Waals surface area contributed by atoms with Crippen molar-refractivity contribution < 1.29 is 0 Å². The number of hydrogen-bond acceptors (Lipinski definition) is 1. The van der Waals surface area contributed by atoms with Crippen molar-refractivity contribution in [2.45, 2.75) is 36.9 Å². The Balaban J connectivity index is 1.72. The first-order chi connectivity index (χ1) is 9.34. The van der Waals surface area contributed by atoms with Crippen LogP contribution in [0.2, 0.25) is 0 Å². The lowest BCUT2D eigenvalue weighted by molar-refractivity contribution is 0.445. The van der Waals surface area contributed by atoms with Crippen LogP contribution < -0.4 is 0 Å². The molecule has 19 heavy (non-hydrogen) atoms. The molecule has 1 aliphatic carbocycles. The first kappa shape index (κ1) is 13.4. The average molecular weight is 335 g/mol. The maximum atomic E-state index is 3.97. The molecule has 0 nitrogen and oxygen atoms in total. The Morgan fingerprint density at radius 2 is 2.05 bits per heavy atom. The monoisotopic (exact) mass is 334 g/mol. The fraction of sp³-hybridized carbons (Fsp3) is 0.412. The van der Waals surface area contributed by atoms with Crippen LogP contribution in [0.5, 0.6) is 0 Å². The summed E-state index contributed by atoms with van der Waals surface area (Å²) in [7, 11) is 0. The van der Waals surface area contributed by atoms with Gasteiger partial charge in [-0.15, -0.1) is 11.3 Å². The van der Waals surface area contributed by atoms with Gasteiger partial charge in [0.2, 0.25) is 0 Å². The van der Waals surface area contributed by atoms with Gasteiger partial charge in [-0.1, -0.05) is 46.3 Å². The fourth-order valence-corrected chi connectivity index (χ4v) is 4.76. The number of aryl methyl sites for hydroxylation is 2. The first-order valence-corrected chi connectivity index (χ1v) is 8.88. The van der Waals surface area contributed by atoms with Gasteiger partial charge < -0.3 is 0 Å². The molecule has 1 aliphatic rings. The molecule has 0 aliphatic heterocycles. The van der Waals surface area contributed by atoms with Gasteiger partial charge in [0.25, 0.3) is 0 Å². The molecular weight excluding hydrogens is 316 g/mol. The molecule has 2 aromatic rings. The maximum Gasteiger partial charge on any atom is 0.0426 e. The molecule has 3 rings (SSSR count). The van der Waals surface area contributed by atoms with Crippen molar-refractivity contribution in [1.29, 1.82) is 0 Å². The van der Waals surface area contributed by atoms with Crippen LogP contribution in [0.15, 0.2) is 41.8 Å². The molecule has 2 atom stereocenters. The smallest absolute Gasteiger partial charge is 0.0426 e. The molecule has 2 heteroatoms. The molecule has 0 saturated heterocycles. The summed E-state index contributed by atoms with van der Waals surface area (Å²) in [6, 6.07) is 13.4. The second-order valence-corrected chi connectivity index (χ2v) is 7.39. The molecular formula is C17H19BrS. The van der Waals surface area contributed by atoms with Crippen LogP contribution >= 0.6 is 27.3 Å². The van der Waals surface area contributed by atoms with Crippen molar-refractivity contribution in [3.05, 3.63) is 57.8 Å². The Bertz CT molecular complexity index is 518. The van der Waals surface area contributed by atoms with Crippen LogP contribution in [-0.4, -0.2) is 0 Å². The van der Waals surface area contributed by atoms with Gasteiger partial charge in [0, 0.05) is 9.70 Å². The Kier molecular flexibility index (Phi) is 4.39. The van der Waals surface area contributed by atoms with Gasteiger partial charge in [0.15, 0.2) is 0 Å². The van der Waals surface area contributed by atoms with Crippen molar-refractivity contribution in [3.63, 3.8) is 0 Å².